The van der Waals surface area contributed by atoms with Crippen molar-refractivity contribution in [2.45, 2.75) is 0 Å². The minimum atomic E-state index is 1.06. The molecule has 0 aliphatic carbocycles. The number of fused-ring (bicyclic) bond motifs is 7. The zero-order valence-electron chi connectivity index (χ0n) is 17.3. The maximum absolute atomic E-state index is 6.10. The van der Waals surface area contributed by atoms with Gasteiger partial charge in [-0.05, 0) is 119 Å². The highest BCUT2D eigenvalue weighted by Crippen LogP contribution is 2.35. The Morgan fingerprint density at radius 2 is 0.812 bits per heavy atom. The second kappa shape index (κ2) is 6.69. The van der Waals surface area contributed by atoms with Gasteiger partial charge in [0.1, 0.15) is 0 Å². The number of hydrogen-bond donors (Lipinski definition) is 0. The quantitative estimate of drug-likeness (QED) is 0.181. The van der Waals surface area contributed by atoms with Gasteiger partial charge in [0.25, 0.3) is 0 Å². The lowest BCUT2D eigenvalue weighted by Crippen LogP contribution is -1.84. The van der Waals surface area contributed by atoms with Crippen LogP contribution in [0.5, 0.6) is 0 Å². The van der Waals surface area contributed by atoms with E-state index in [1.54, 1.807) is 5.88 Å². The Hall–Kier alpha value is -3.61. The van der Waals surface area contributed by atoms with Crippen molar-refractivity contribution in [2.24, 2.45) is 0 Å². The summed E-state index contributed by atoms with van der Waals surface area (Å²) in [5.74, 6) is 1.67. The van der Waals surface area contributed by atoms with Gasteiger partial charge in [0, 0.05) is 0 Å². The van der Waals surface area contributed by atoms with Crippen molar-refractivity contribution in [3.05, 3.63) is 115 Å². The highest BCUT2D eigenvalue weighted by molar-refractivity contribution is 6.26. The smallest absolute Gasteiger partial charge is 0.0796 e. The second-order valence-electron chi connectivity index (χ2n) is 8.64. The summed E-state index contributed by atoms with van der Waals surface area (Å²) in [7, 11) is 0. The molecule has 0 N–H and O–H groups in total. The van der Waals surface area contributed by atoms with Gasteiger partial charge in [-0.3, -0.25) is 0 Å². The number of hydrogen-bond acceptors (Lipinski definition) is 0. The molecule has 0 aliphatic heterocycles. The first-order valence-electron chi connectivity index (χ1n) is 10.9. The van der Waals surface area contributed by atoms with E-state index in [2.05, 4.69) is 103 Å². The molecule has 0 nitrogen and oxygen atoms in total. The molecule has 32 heavy (non-hydrogen) atoms. The van der Waals surface area contributed by atoms with Crippen LogP contribution >= 0.6 is 11.6 Å². The van der Waals surface area contributed by atoms with E-state index in [4.69, 9.17) is 11.6 Å². The third-order valence-electron chi connectivity index (χ3n) is 6.76. The van der Waals surface area contributed by atoms with Crippen LogP contribution in [0.3, 0.4) is 0 Å². The van der Waals surface area contributed by atoms with Crippen LogP contribution in [-0.2, 0) is 0 Å². The molecule has 0 aliphatic rings. The average molecular weight is 426 g/mol. The summed E-state index contributed by atoms with van der Waals surface area (Å²) in [5, 5.41) is 15.1. The van der Waals surface area contributed by atoms with E-state index in [1.807, 2.05) is 0 Å². The average Bonchev–Trinajstić information content (AvgIpc) is 2.83. The van der Waals surface area contributed by atoms with E-state index >= 15 is 0 Å². The fourth-order valence-corrected chi connectivity index (χ4v) is 5.33. The molecule has 1 heteroatoms. The third kappa shape index (κ3) is 2.63. The molecule has 0 saturated heterocycles. The first-order valence-corrected chi connectivity index (χ1v) is 11.3. The third-order valence-corrected chi connectivity index (χ3v) is 7.00. The predicted molar refractivity (Wildman–Crippen MR) is 141 cm³/mol. The molecule has 0 heterocycles. The standard InChI is InChI=1S/C31H18Cl/c32-18-24-7-3-6-21-12-26-14-23-9-8-22-13-25-10-19-4-1-2-5-20(19)11-27(25)16-30(22)31(23)17-28(26)15-29(21)24/h1-18H. The van der Waals surface area contributed by atoms with Crippen LogP contribution in [0.1, 0.15) is 5.56 Å². The van der Waals surface area contributed by atoms with Gasteiger partial charge < -0.3 is 0 Å². The minimum absolute atomic E-state index is 1.06. The van der Waals surface area contributed by atoms with E-state index in [1.165, 1.54) is 64.6 Å². The largest absolute Gasteiger partial charge is 0.116 e. The fraction of sp³-hybridized carbons (Fsp3) is 0. The lowest BCUT2D eigenvalue weighted by atomic mass is 9.93. The molecule has 0 spiro atoms. The number of benzene rings is 7. The summed E-state index contributed by atoms with van der Waals surface area (Å²) in [5.41, 5.74) is 1.06. The van der Waals surface area contributed by atoms with Crippen molar-refractivity contribution in [2.75, 3.05) is 0 Å². The molecule has 0 amide bonds. The van der Waals surface area contributed by atoms with Crippen LogP contribution in [0.4, 0.5) is 0 Å². The minimum Gasteiger partial charge on any atom is -0.116 e. The van der Waals surface area contributed by atoms with Crippen molar-refractivity contribution in [1.82, 2.24) is 0 Å². The molecule has 0 saturated carbocycles. The maximum atomic E-state index is 6.10. The van der Waals surface area contributed by atoms with Crippen molar-refractivity contribution < 1.29 is 0 Å². The van der Waals surface area contributed by atoms with Gasteiger partial charge in [-0.25, -0.2) is 0 Å². The Morgan fingerprint density at radius 1 is 0.375 bits per heavy atom. The molecule has 1 radical (unpaired) electrons. The normalized spacial score (nSPS) is 12.0. The molecule has 0 atom stereocenters. The van der Waals surface area contributed by atoms with Gasteiger partial charge in [0.15, 0.2) is 0 Å². The molecule has 0 unspecified atom stereocenters. The summed E-state index contributed by atoms with van der Waals surface area (Å²) >= 11 is 6.10. The molecular weight excluding hydrogens is 408 g/mol. The van der Waals surface area contributed by atoms with Crippen LogP contribution in [-0.4, -0.2) is 0 Å². The zero-order valence-corrected chi connectivity index (χ0v) is 18.0. The lowest BCUT2D eigenvalue weighted by molar-refractivity contribution is 1.67. The summed E-state index contributed by atoms with van der Waals surface area (Å²) in [6.07, 6.45) is 0. The molecule has 7 rings (SSSR count). The van der Waals surface area contributed by atoms with Crippen LogP contribution in [0.15, 0.2) is 103 Å². The van der Waals surface area contributed by atoms with Gasteiger partial charge in [-0.1, -0.05) is 54.6 Å². The van der Waals surface area contributed by atoms with Crippen molar-refractivity contribution in [3.63, 3.8) is 0 Å². The Balaban J connectivity index is 1.58. The first-order chi connectivity index (χ1) is 15.8. The Bertz CT molecular complexity index is 1860. The van der Waals surface area contributed by atoms with E-state index in [-0.39, 0.29) is 0 Å². The molecule has 0 bridgehead atoms. The molecule has 0 fully saturated rings. The maximum Gasteiger partial charge on any atom is 0.0796 e. The molecular formula is C31H18Cl. The Morgan fingerprint density at radius 3 is 1.41 bits per heavy atom. The molecule has 7 aromatic carbocycles. The Kier molecular flexibility index (Phi) is 3.77. The van der Waals surface area contributed by atoms with Crippen LogP contribution < -0.4 is 0 Å². The summed E-state index contributed by atoms with van der Waals surface area (Å²) in [4.78, 5) is 0. The predicted octanol–water partition coefficient (Wildman–Crippen LogP) is 9.35. The van der Waals surface area contributed by atoms with Gasteiger partial charge in [0.05, 0.1) is 5.88 Å². The monoisotopic (exact) mass is 425 g/mol. The second-order valence-corrected chi connectivity index (χ2v) is 8.85. The van der Waals surface area contributed by atoms with Crippen molar-refractivity contribution >= 4 is 76.2 Å². The van der Waals surface area contributed by atoms with E-state index in [9.17, 15) is 0 Å². The van der Waals surface area contributed by atoms with Gasteiger partial charge in [-0.2, -0.15) is 0 Å². The molecule has 0 aromatic heterocycles. The zero-order chi connectivity index (χ0) is 21.2. The fourth-order valence-electron chi connectivity index (χ4n) is 5.14. The number of rotatable bonds is 1. The number of halogens is 1. The Labute approximate surface area is 190 Å². The molecule has 149 valence electrons. The van der Waals surface area contributed by atoms with Gasteiger partial charge >= 0.3 is 0 Å². The first kappa shape index (κ1) is 18.0. The van der Waals surface area contributed by atoms with Crippen LogP contribution in [0, 0.1) is 5.88 Å². The summed E-state index contributed by atoms with van der Waals surface area (Å²) in [6.45, 7) is 0. The molecule has 7 aromatic rings. The van der Waals surface area contributed by atoms with Crippen molar-refractivity contribution in [1.29, 1.82) is 0 Å². The van der Waals surface area contributed by atoms with Crippen LogP contribution in [0.25, 0.3) is 64.6 Å². The van der Waals surface area contributed by atoms with E-state index in [0.717, 1.165) is 5.56 Å². The summed E-state index contributed by atoms with van der Waals surface area (Å²) < 4.78 is 0. The van der Waals surface area contributed by atoms with Crippen LogP contribution in [0.2, 0.25) is 0 Å². The van der Waals surface area contributed by atoms with E-state index < -0.39 is 0 Å². The van der Waals surface area contributed by atoms with E-state index in [0.29, 0.717) is 0 Å². The van der Waals surface area contributed by atoms with Gasteiger partial charge in [0.2, 0.25) is 0 Å². The van der Waals surface area contributed by atoms with Crippen molar-refractivity contribution in [3.8, 4) is 0 Å². The lowest BCUT2D eigenvalue weighted by Gasteiger charge is -2.11. The topological polar surface area (TPSA) is 0 Å². The summed E-state index contributed by atoms with van der Waals surface area (Å²) in [6, 6.07) is 37.8. The SMILES string of the molecule is Cl[CH]c1cccc2cc3cc4ccc5cc6cc7ccccc7cc6cc5c4cc3cc12. The van der Waals surface area contributed by atoms with Gasteiger partial charge in [-0.15, -0.1) is 11.6 Å². The highest BCUT2D eigenvalue weighted by Gasteiger charge is 2.08. The highest BCUT2D eigenvalue weighted by atomic mass is 35.5.